The Morgan fingerprint density at radius 2 is 2.10 bits per heavy atom. The lowest BCUT2D eigenvalue weighted by molar-refractivity contribution is 0.486. The Kier molecular flexibility index (Phi) is 6.32. The summed E-state index contributed by atoms with van der Waals surface area (Å²) in [7, 11) is 0. The largest absolute Gasteiger partial charge is 0.308 e. The van der Waals surface area contributed by atoms with Gasteiger partial charge in [0.2, 0.25) is 0 Å². The highest BCUT2D eigenvalue weighted by Gasteiger charge is 2.19. The van der Waals surface area contributed by atoms with Crippen molar-refractivity contribution in [1.82, 2.24) is 25.1 Å². The third kappa shape index (κ3) is 4.34. The van der Waals surface area contributed by atoms with Crippen LogP contribution in [0.25, 0.3) is 0 Å². The first-order valence-corrected chi connectivity index (χ1v) is 8.65. The summed E-state index contributed by atoms with van der Waals surface area (Å²) >= 11 is 7.05. The summed E-state index contributed by atoms with van der Waals surface area (Å²) in [5.74, 6) is 0.975. The van der Waals surface area contributed by atoms with Crippen LogP contribution in [-0.2, 0) is 13.0 Å². The Bertz CT molecular complexity index is 584. The number of halogens is 2. The summed E-state index contributed by atoms with van der Waals surface area (Å²) in [5, 5.41) is 7.78. The Labute approximate surface area is 141 Å². The minimum absolute atomic E-state index is 0.113. The number of pyridine rings is 1. The lowest BCUT2D eigenvalue weighted by Gasteiger charge is -2.19. The molecule has 1 atom stereocenters. The molecule has 0 spiro atoms. The average molecular weight is 417 g/mol. The molecule has 0 aliphatic rings. The molecule has 0 radical (unpaired) electrons. The minimum atomic E-state index is 0.113. The molecule has 0 aliphatic heterocycles. The van der Waals surface area contributed by atoms with E-state index in [2.05, 4.69) is 66.1 Å². The SMILES string of the molecule is CCCNC(Cc1ncnn1CC)c1ncc(Br)cc1Br. The van der Waals surface area contributed by atoms with Crippen LogP contribution in [0, 0.1) is 0 Å². The monoisotopic (exact) mass is 415 g/mol. The number of hydrogen-bond donors (Lipinski definition) is 1. The van der Waals surface area contributed by atoms with E-state index < -0.39 is 0 Å². The topological polar surface area (TPSA) is 55.6 Å². The maximum absolute atomic E-state index is 4.55. The molecule has 2 rings (SSSR count). The normalized spacial score (nSPS) is 12.6. The van der Waals surface area contributed by atoms with Crippen LogP contribution in [-0.4, -0.2) is 26.3 Å². The quantitative estimate of drug-likeness (QED) is 0.750. The van der Waals surface area contributed by atoms with E-state index in [0.29, 0.717) is 0 Å². The van der Waals surface area contributed by atoms with Crippen molar-refractivity contribution >= 4 is 31.9 Å². The molecule has 5 nitrogen and oxygen atoms in total. The molecule has 1 unspecified atom stereocenters. The summed E-state index contributed by atoms with van der Waals surface area (Å²) in [6.45, 7) is 5.99. The van der Waals surface area contributed by atoms with Crippen LogP contribution in [0.2, 0.25) is 0 Å². The molecule has 2 aromatic heterocycles. The van der Waals surface area contributed by atoms with Gasteiger partial charge in [-0.15, -0.1) is 0 Å². The molecule has 0 saturated carbocycles. The molecular weight excluding hydrogens is 398 g/mol. The third-order valence-corrected chi connectivity index (χ3v) is 4.26. The van der Waals surface area contributed by atoms with Crippen LogP contribution in [0.15, 0.2) is 27.5 Å². The first-order chi connectivity index (χ1) is 10.2. The highest BCUT2D eigenvalue weighted by Crippen LogP contribution is 2.26. The van der Waals surface area contributed by atoms with Gasteiger partial charge in [-0.25, -0.2) is 4.98 Å². The minimum Gasteiger partial charge on any atom is -0.308 e. The highest BCUT2D eigenvalue weighted by atomic mass is 79.9. The Hall–Kier alpha value is -0.790. The molecular formula is C14H19Br2N5. The van der Waals surface area contributed by atoms with Gasteiger partial charge in [-0.05, 0) is 57.8 Å². The van der Waals surface area contributed by atoms with Crippen molar-refractivity contribution in [3.05, 3.63) is 39.1 Å². The van der Waals surface area contributed by atoms with E-state index in [1.807, 2.05) is 16.9 Å². The summed E-state index contributed by atoms with van der Waals surface area (Å²) in [6, 6.07) is 2.13. The van der Waals surface area contributed by atoms with Gasteiger partial charge in [0.1, 0.15) is 12.2 Å². The Balaban J connectivity index is 2.25. The van der Waals surface area contributed by atoms with Crippen molar-refractivity contribution in [3.63, 3.8) is 0 Å². The fraction of sp³-hybridized carbons (Fsp3) is 0.500. The highest BCUT2D eigenvalue weighted by molar-refractivity contribution is 9.11. The van der Waals surface area contributed by atoms with E-state index in [9.17, 15) is 0 Å². The van der Waals surface area contributed by atoms with Gasteiger partial charge in [-0.1, -0.05) is 6.92 Å². The number of aryl methyl sites for hydroxylation is 1. The van der Waals surface area contributed by atoms with Gasteiger partial charge >= 0.3 is 0 Å². The van der Waals surface area contributed by atoms with Crippen molar-refractivity contribution in [2.75, 3.05) is 6.54 Å². The van der Waals surface area contributed by atoms with Crippen LogP contribution in [0.5, 0.6) is 0 Å². The van der Waals surface area contributed by atoms with Crippen LogP contribution in [0.3, 0.4) is 0 Å². The number of nitrogens with one attached hydrogen (secondary N) is 1. The standard InChI is InChI=1S/C14H19Br2N5/c1-3-5-17-12(7-13-19-9-20-21(13)4-2)14-11(16)6-10(15)8-18-14/h6,8-9,12,17H,3-5,7H2,1-2H3. The van der Waals surface area contributed by atoms with E-state index in [4.69, 9.17) is 0 Å². The molecule has 0 saturated heterocycles. The first-order valence-electron chi connectivity index (χ1n) is 7.06. The van der Waals surface area contributed by atoms with Gasteiger partial charge in [0.15, 0.2) is 0 Å². The van der Waals surface area contributed by atoms with E-state index in [1.54, 1.807) is 6.33 Å². The van der Waals surface area contributed by atoms with Crippen LogP contribution >= 0.6 is 31.9 Å². The maximum Gasteiger partial charge on any atom is 0.138 e. The molecule has 0 aromatic carbocycles. The number of hydrogen-bond acceptors (Lipinski definition) is 4. The second-order valence-electron chi connectivity index (χ2n) is 4.72. The Morgan fingerprint density at radius 3 is 2.76 bits per heavy atom. The molecule has 7 heteroatoms. The summed E-state index contributed by atoms with van der Waals surface area (Å²) in [6.07, 6.45) is 5.28. The van der Waals surface area contributed by atoms with Gasteiger partial charge in [0, 0.05) is 28.1 Å². The third-order valence-electron chi connectivity index (χ3n) is 3.19. The zero-order valence-corrected chi connectivity index (χ0v) is 15.4. The predicted octanol–water partition coefficient (Wildman–Crippen LogP) is 3.50. The molecule has 114 valence electrons. The number of aromatic nitrogens is 4. The smallest absolute Gasteiger partial charge is 0.138 e. The molecule has 2 aromatic rings. The molecule has 0 amide bonds. The van der Waals surface area contributed by atoms with Gasteiger partial charge < -0.3 is 5.32 Å². The fourth-order valence-electron chi connectivity index (χ4n) is 2.16. The molecule has 2 heterocycles. The fourth-order valence-corrected chi connectivity index (χ4v) is 3.42. The summed E-state index contributed by atoms with van der Waals surface area (Å²) in [4.78, 5) is 8.92. The second-order valence-corrected chi connectivity index (χ2v) is 6.49. The van der Waals surface area contributed by atoms with Crippen LogP contribution in [0.4, 0.5) is 0 Å². The number of rotatable bonds is 7. The molecule has 0 fully saturated rings. The van der Waals surface area contributed by atoms with Gasteiger partial charge in [-0.3, -0.25) is 9.67 Å². The van der Waals surface area contributed by atoms with Crippen molar-refractivity contribution in [3.8, 4) is 0 Å². The zero-order valence-electron chi connectivity index (χ0n) is 12.2. The van der Waals surface area contributed by atoms with Crippen molar-refractivity contribution in [2.24, 2.45) is 0 Å². The van der Waals surface area contributed by atoms with E-state index in [0.717, 1.165) is 46.4 Å². The first kappa shape index (κ1) is 16.6. The lowest BCUT2D eigenvalue weighted by atomic mass is 10.1. The van der Waals surface area contributed by atoms with E-state index in [-0.39, 0.29) is 6.04 Å². The molecule has 0 aliphatic carbocycles. The van der Waals surface area contributed by atoms with E-state index >= 15 is 0 Å². The van der Waals surface area contributed by atoms with Crippen LogP contribution < -0.4 is 5.32 Å². The molecule has 1 N–H and O–H groups in total. The van der Waals surface area contributed by atoms with Gasteiger partial charge in [-0.2, -0.15) is 5.10 Å². The summed E-state index contributed by atoms with van der Waals surface area (Å²) < 4.78 is 3.88. The van der Waals surface area contributed by atoms with Crippen molar-refractivity contribution in [1.29, 1.82) is 0 Å². The van der Waals surface area contributed by atoms with Crippen molar-refractivity contribution < 1.29 is 0 Å². The lowest BCUT2D eigenvalue weighted by Crippen LogP contribution is -2.26. The zero-order chi connectivity index (χ0) is 15.2. The van der Waals surface area contributed by atoms with Crippen molar-refractivity contribution in [2.45, 2.75) is 39.3 Å². The van der Waals surface area contributed by atoms with Gasteiger partial charge in [0.25, 0.3) is 0 Å². The van der Waals surface area contributed by atoms with E-state index in [1.165, 1.54) is 0 Å². The summed E-state index contributed by atoms with van der Waals surface area (Å²) in [5.41, 5.74) is 0.998. The average Bonchev–Trinajstić information content (AvgIpc) is 2.91. The van der Waals surface area contributed by atoms with Crippen LogP contribution in [0.1, 0.15) is 37.8 Å². The van der Waals surface area contributed by atoms with Gasteiger partial charge in [0.05, 0.1) is 11.7 Å². The molecule has 0 bridgehead atoms. The predicted molar refractivity (Wildman–Crippen MR) is 90.1 cm³/mol. The number of nitrogens with zero attached hydrogens (tertiary/aromatic N) is 4. The molecule has 21 heavy (non-hydrogen) atoms. The Morgan fingerprint density at radius 1 is 1.29 bits per heavy atom. The second kappa shape index (κ2) is 8.00. The maximum atomic E-state index is 4.55.